The Bertz CT molecular complexity index is 1430. The quantitative estimate of drug-likeness (QED) is 0.318. The van der Waals surface area contributed by atoms with Gasteiger partial charge in [0.2, 0.25) is 0 Å². The fraction of sp³-hybridized carbons (Fsp3) is 0.214. The Morgan fingerprint density at radius 1 is 1.14 bits per heavy atom. The molecule has 0 unspecified atom stereocenters. The van der Waals surface area contributed by atoms with E-state index < -0.39 is 0 Å². The van der Waals surface area contributed by atoms with Gasteiger partial charge in [0.1, 0.15) is 10.8 Å². The van der Waals surface area contributed by atoms with Gasteiger partial charge in [0.15, 0.2) is 6.61 Å². The van der Waals surface area contributed by atoms with E-state index in [2.05, 4.69) is 4.98 Å². The number of carbonyl (C=O) groups excluding carboxylic acids is 2. The molecule has 0 atom stereocenters. The van der Waals surface area contributed by atoms with Gasteiger partial charge < -0.3 is 14.4 Å². The summed E-state index contributed by atoms with van der Waals surface area (Å²) in [7, 11) is 0. The molecule has 4 aromatic rings. The van der Waals surface area contributed by atoms with Gasteiger partial charge in [-0.2, -0.15) is 0 Å². The average molecular weight is 500 g/mol. The van der Waals surface area contributed by atoms with E-state index in [9.17, 15) is 9.59 Å². The van der Waals surface area contributed by atoms with E-state index in [-0.39, 0.29) is 24.6 Å². The van der Waals surface area contributed by atoms with Gasteiger partial charge in [0, 0.05) is 16.6 Å². The van der Waals surface area contributed by atoms with Crippen LogP contribution in [0.2, 0.25) is 0 Å². The lowest BCUT2D eigenvalue weighted by Crippen LogP contribution is -2.38. The fourth-order valence-electron chi connectivity index (χ4n) is 4.05. The number of aryl methyl sites for hydroxylation is 1. The number of anilines is 1. The van der Waals surface area contributed by atoms with Gasteiger partial charge in [-0.15, -0.1) is 11.3 Å². The minimum atomic E-state index is -0.384. The molecule has 0 spiro atoms. The van der Waals surface area contributed by atoms with Gasteiger partial charge in [0.05, 0.1) is 35.3 Å². The summed E-state index contributed by atoms with van der Waals surface area (Å²) in [5, 5.41) is 0.843. The van der Waals surface area contributed by atoms with Crippen molar-refractivity contribution in [3.8, 4) is 27.7 Å². The molecule has 1 aliphatic heterocycles. The van der Waals surface area contributed by atoms with Crippen molar-refractivity contribution in [1.29, 1.82) is 0 Å². The highest BCUT2D eigenvalue weighted by molar-refractivity contribution is 7.15. The molecule has 3 heterocycles. The number of ether oxygens (including phenoxy) is 2. The van der Waals surface area contributed by atoms with Crippen LogP contribution in [0.1, 0.15) is 34.6 Å². The average Bonchev–Trinajstić information content (AvgIpc) is 3.27. The summed E-state index contributed by atoms with van der Waals surface area (Å²) < 4.78 is 11.0. The Labute approximate surface area is 213 Å². The Kier molecular flexibility index (Phi) is 6.52. The monoisotopic (exact) mass is 499 g/mol. The van der Waals surface area contributed by atoms with Crippen molar-refractivity contribution in [1.82, 2.24) is 9.97 Å². The first-order valence-corrected chi connectivity index (χ1v) is 12.5. The van der Waals surface area contributed by atoms with Crippen molar-refractivity contribution >= 4 is 28.9 Å². The number of carbonyl (C=O) groups is 2. The number of hydrogen-bond acceptors (Lipinski definition) is 7. The van der Waals surface area contributed by atoms with Crippen LogP contribution in [-0.2, 0) is 16.1 Å². The molecule has 2 aromatic carbocycles. The van der Waals surface area contributed by atoms with E-state index in [1.54, 1.807) is 40.6 Å². The number of pyridine rings is 1. The van der Waals surface area contributed by atoms with E-state index in [0.717, 1.165) is 32.4 Å². The molecule has 0 radical (unpaired) electrons. The van der Waals surface area contributed by atoms with E-state index in [1.807, 2.05) is 63.2 Å². The van der Waals surface area contributed by atoms with Gasteiger partial charge in [-0.3, -0.25) is 9.78 Å². The fourth-order valence-corrected chi connectivity index (χ4v) is 4.96. The topological polar surface area (TPSA) is 81.6 Å². The second kappa shape index (κ2) is 9.91. The van der Waals surface area contributed by atoms with Crippen molar-refractivity contribution in [2.24, 2.45) is 0 Å². The third-order valence-corrected chi connectivity index (χ3v) is 6.70. The highest BCUT2D eigenvalue weighted by Crippen LogP contribution is 2.39. The Morgan fingerprint density at radius 3 is 2.78 bits per heavy atom. The molecule has 5 rings (SSSR count). The van der Waals surface area contributed by atoms with Crippen molar-refractivity contribution < 1.29 is 19.1 Å². The second-order valence-corrected chi connectivity index (χ2v) is 9.95. The van der Waals surface area contributed by atoms with Crippen LogP contribution in [0.15, 0.2) is 66.9 Å². The molecular formula is C28H25N3O4S. The van der Waals surface area contributed by atoms with Crippen LogP contribution in [0.3, 0.4) is 0 Å². The van der Waals surface area contributed by atoms with Crippen LogP contribution >= 0.6 is 11.3 Å². The Morgan fingerprint density at radius 2 is 2.00 bits per heavy atom. The summed E-state index contributed by atoms with van der Waals surface area (Å²) in [6.45, 7) is 5.91. The van der Waals surface area contributed by atoms with Gasteiger partial charge >= 0.3 is 5.97 Å². The summed E-state index contributed by atoms with van der Waals surface area (Å²) in [4.78, 5) is 37.3. The molecule has 182 valence electrons. The third kappa shape index (κ3) is 4.85. The lowest BCUT2D eigenvalue weighted by atomic mass is 10.1. The van der Waals surface area contributed by atoms with Gasteiger partial charge in [-0.05, 0) is 68.8 Å². The first-order chi connectivity index (χ1) is 17.4. The van der Waals surface area contributed by atoms with Crippen LogP contribution < -0.4 is 9.64 Å². The Hall–Kier alpha value is -4.04. The molecule has 7 nitrogen and oxygen atoms in total. The van der Waals surface area contributed by atoms with Crippen LogP contribution in [0.4, 0.5) is 5.69 Å². The lowest BCUT2D eigenvalue weighted by Gasteiger charge is -2.30. The first-order valence-electron chi connectivity index (χ1n) is 11.7. The zero-order valence-corrected chi connectivity index (χ0v) is 21.0. The van der Waals surface area contributed by atoms with Crippen LogP contribution in [0.25, 0.3) is 22.0 Å². The van der Waals surface area contributed by atoms with Gasteiger partial charge in [-0.25, -0.2) is 9.78 Å². The second-order valence-electron chi connectivity index (χ2n) is 8.74. The molecule has 0 fully saturated rings. The SMILES string of the molecule is Cc1sc(-c2ccccn2)nc1-c1ccc2c(c1)N(Cc1cccc(C(=O)OC(C)C)c1)C(=O)CO2. The summed E-state index contributed by atoms with van der Waals surface area (Å²) in [5.74, 6) is 0.0936. The highest BCUT2D eigenvalue weighted by Gasteiger charge is 2.27. The molecule has 0 saturated heterocycles. The molecule has 8 heteroatoms. The highest BCUT2D eigenvalue weighted by atomic mass is 32.1. The van der Waals surface area contributed by atoms with Crippen LogP contribution in [-0.4, -0.2) is 34.6 Å². The summed E-state index contributed by atoms with van der Waals surface area (Å²) in [6.07, 6.45) is 1.54. The minimum absolute atomic E-state index is 0.0407. The maximum atomic E-state index is 12.9. The van der Waals surface area contributed by atoms with Crippen molar-refractivity contribution in [2.75, 3.05) is 11.5 Å². The first kappa shape index (κ1) is 23.7. The summed E-state index contributed by atoms with van der Waals surface area (Å²) in [5.41, 5.74) is 4.51. The standard InChI is InChI=1S/C28H25N3O4S/c1-17(2)35-28(33)21-8-6-7-19(13-21)15-31-23-14-20(10-11-24(23)34-16-25(31)32)26-18(3)36-27(30-26)22-9-4-5-12-29-22/h4-14,17H,15-16H2,1-3H3. The summed E-state index contributed by atoms with van der Waals surface area (Å²) in [6, 6.07) is 18.7. The van der Waals surface area contributed by atoms with Crippen molar-refractivity contribution in [2.45, 2.75) is 33.4 Å². The molecule has 36 heavy (non-hydrogen) atoms. The third-order valence-electron chi connectivity index (χ3n) is 5.70. The Balaban J connectivity index is 1.46. The number of amides is 1. The predicted molar refractivity (Wildman–Crippen MR) is 139 cm³/mol. The van der Waals surface area contributed by atoms with Gasteiger partial charge in [-0.1, -0.05) is 18.2 Å². The predicted octanol–water partition coefficient (Wildman–Crippen LogP) is 5.67. The number of fused-ring (bicyclic) bond motifs is 1. The molecule has 1 aliphatic rings. The maximum absolute atomic E-state index is 12.9. The normalized spacial score (nSPS) is 12.9. The van der Waals surface area contributed by atoms with Crippen LogP contribution in [0.5, 0.6) is 5.75 Å². The number of rotatable bonds is 6. The number of nitrogens with zero attached hydrogens (tertiary/aromatic N) is 3. The lowest BCUT2D eigenvalue weighted by molar-refractivity contribution is -0.121. The zero-order valence-electron chi connectivity index (χ0n) is 20.2. The number of hydrogen-bond donors (Lipinski definition) is 0. The molecule has 0 N–H and O–H groups in total. The smallest absolute Gasteiger partial charge is 0.338 e. The van der Waals surface area contributed by atoms with Crippen molar-refractivity contribution in [3.63, 3.8) is 0 Å². The largest absolute Gasteiger partial charge is 0.482 e. The number of benzene rings is 2. The number of aromatic nitrogens is 2. The van der Waals surface area contributed by atoms with Gasteiger partial charge in [0.25, 0.3) is 5.91 Å². The maximum Gasteiger partial charge on any atom is 0.338 e. The molecular weight excluding hydrogens is 474 g/mol. The summed E-state index contributed by atoms with van der Waals surface area (Å²) >= 11 is 1.58. The minimum Gasteiger partial charge on any atom is -0.482 e. The number of thiazole rings is 1. The zero-order chi connectivity index (χ0) is 25.2. The molecule has 2 aromatic heterocycles. The van der Waals surface area contributed by atoms with E-state index in [4.69, 9.17) is 14.5 Å². The van der Waals surface area contributed by atoms with Crippen LogP contribution in [0, 0.1) is 6.92 Å². The molecule has 1 amide bonds. The van der Waals surface area contributed by atoms with E-state index >= 15 is 0 Å². The van der Waals surface area contributed by atoms with E-state index in [1.165, 1.54) is 0 Å². The molecule has 0 saturated carbocycles. The molecule has 0 bridgehead atoms. The molecule has 0 aliphatic carbocycles. The van der Waals surface area contributed by atoms with Crippen molar-refractivity contribution in [3.05, 3.63) is 82.9 Å². The number of esters is 1. The van der Waals surface area contributed by atoms with E-state index in [0.29, 0.717) is 23.5 Å².